The Morgan fingerprint density at radius 1 is 1.31 bits per heavy atom. The van der Waals surface area contributed by atoms with Crippen LogP contribution in [0.4, 0.5) is 0 Å². The van der Waals surface area contributed by atoms with Gasteiger partial charge in [-0.3, -0.25) is 9.59 Å². The third-order valence-corrected chi connectivity index (χ3v) is 5.33. The maximum absolute atomic E-state index is 13.1. The highest BCUT2D eigenvalue weighted by atomic mass is 79.9. The Kier molecular flexibility index (Phi) is 5.63. The third kappa shape index (κ3) is 3.62. The highest BCUT2D eigenvalue weighted by Crippen LogP contribution is 2.27. The van der Waals surface area contributed by atoms with Gasteiger partial charge in [-0.2, -0.15) is 0 Å². The van der Waals surface area contributed by atoms with Gasteiger partial charge in [-0.25, -0.2) is 0 Å². The number of ether oxygens (including phenoxy) is 1. The number of amides is 1. The molecule has 1 aromatic carbocycles. The molecule has 2 heterocycles. The lowest BCUT2D eigenvalue weighted by molar-refractivity contribution is -0.0230. The van der Waals surface area contributed by atoms with E-state index in [4.69, 9.17) is 4.74 Å². The number of hydrogen-bond donors (Lipinski definition) is 1. The lowest BCUT2D eigenvalue weighted by atomic mass is 10.0. The van der Waals surface area contributed by atoms with Crippen LogP contribution < -0.4 is 0 Å². The summed E-state index contributed by atoms with van der Waals surface area (Å²) in [5.41, 5.74) is 3.80. The van der Waals surface area contributed by atoms with Gasteiger partial charge in [0.25, 0.3) is 5.91 Å². The molecule has 5 nitrogen and oxygen atoms in total. The van der Waals surface area contributed by atoms with Gasteiger partial charge in [-0.1, -0.05) is 35.0 Å². The molecule has 1 saturated heterocycles. The fraction of sp³-hybridized carbons (Fsp3) is 0.400. The molecular formula is C20H23BrN2O3. The number of aromatic nitrogens is 1. The first-order valence-corrected chi connectivity index (χ1v) is 9.60. The molecule has 1 fully saturated rings. The minimum Gasteiger partial charge on any atom is -0.370 e. The van der Waals surface area contributed by atoms with Gasteiger partial charge in [-0.15, -0.1) is 0 Å². The number of ketones is 1. The Hall–Kier alpha value is -1.92. The average molecular weight is 419 g/mol. The van der Waals surface area contributed by atoms with Gasteiger partial charge in [-0.05, 0) is 43.5 Å². The van der Waals surface area contributed by atoms with E-state index in [1.165, 1.54) is 0 Å². The standard InChI is InChI=1S/C20H23BrN2O3/c1-4-16-18(13(3)24)12(2)22-19(16)20(25)23-9-10-26-17(11-23)14-5-7-15(21)8-6-14/h5-8,17,22H,4,9-11H2,1-3H3. The average Bonchev–Trinajstić information content (AvgIpc) is 2.98. The fourth-order valence-electron chi connectivity index (χ4n) is 3.56. The van der Waals surface area contributed by atoms with Gasteiger partial charge in [0.2, 0.25) is 0 Å². The Bertz CT molecular complexity index is 826. The molecule has 26 heavy (non-hydrogen) atoms. The number of carbonyl (C=O) groups excluding carboxylic acids is 2. The first-order chi connectivity index (χ1) is 12.4. The van der Waals surface area contributed by atoms with Crippen LogP contribution in [-0.2, 0) is 11.2 Å². The van der Waals surface area contributed by atoms with Crippen molar-refractivity contribution in [3.05, 3.63) is 56.8 Å². The summed E-state index contributed by atoms with van der Waals surface area (Å²) < 4.78 is 6.88. The highest BCUT2D eigenvalue weighted by Gasteiger charge is 2.30. The summed E-state index contributed by atoms with van der Waals surface area (Å²) in [7, 11) is 0. The van der Waals surface area contributed by atoms with Gasteiger partial charge in [0.15, 0.2) is 5.78 Å². The zero-order chi connectivity index (χ0) is 18.8. The van der Waals surface area contributed by atoms with Crippen LogP contribution in [0.2, 0.25) is 0 Å². The maximum Gasteiger partial charge on any atom is 0.270 e. The van der Waals surface area contributed by atoms with Gasteiger partial charge < -0.3 is 14.6 Å². The lowest BCUT2D eigenvalue weighted by Gasteiger charge is -2.33. The number of morpholine rings is 1. The summed E-state index contributed by atoms with van der Waals surface area (Å²) >= 11 is 3.43. The molecule has 1 aromatic heterocycles. The summed E-state index contributed by atoms with van der Waals surface area (Å²) in [5, 5.41) is 0. The molecule has 3 rings (SSSR count). The van der Waals surface area contributed by atoms with Crippen molar-refractivity contribution in [2.45, 2.75) is 33.3 Å². The van der Waals surface area contributed by atoms with Crippen molar-refractivity contribution < 1.29 is 14.3 Å². The summed E-state index contributed by atoms with van der Waals surface area (Å²) in [5.74, 6) is -0.0766. The molecule has 1 atom stereocenters. The Labute approximate surface area is 161 Å². The predicted molar refractivity (Wildman–Crippen MR) is 104 cm³/mol. The zero-order valence-electron chi connectivity index (χ0n) is 15.3. The topological polar surface area (TPSA) is 62.4 Å². The van der Waals surface area contributed by atoms with Crippen molar-refractivity contribution in [3.63, 3.8) is 0 Å². The summed E-state index contributed by atoms with van der Waals surface area (Å²) in [6, 6.07) is 7.96. The van der Waals surface area contributed by atoms with E-state index < -0.39 is 0 Å². The molecule has 0 saturated carbocycles. The van der Waals surface area contributed by atoms with E-state index in [1.54, 1.807) is 6.92 Å². The Morgan fingerprint density at radius 3 is 2.62 bits per heavy atom. The van der Waals surface area contributed by atoms with E-state index in [1.807, 2.05) is 43.0 Å². The normalized spacial score (nSPS) is 17.4. The van der Waals surface area contributed by atoms with Gasteiger partial charge in [0.05, 0.1) is 13.2 Å². The van der Waals surface area contributed by atoms with Crippen LogP contribution in [0.3, 0.4) is 0 Å². The molecule has 0 bridgehead atoms. The molecule has 0 radical (unpaired) electrons. The number of nitrogens with one attached hydrogen (secondary N) is 1. The molecule has 138 valence electrons. The van der Waals surface area contributed by atoms with Gasteiger partial charge in [0.1, 0.15) is 11.8 Å². The minimum absolute atomic E-state index is 0.00985. The van der Waals surface area contributed by atoms with Crippen molar-refractivity contribution in [2.75, 3.05) is 19.7 Å². The molecule has 0 aliphatic carbocycles. The molecule has 1 amide bonds. The largest absolute Gasteiger partial charge is 0.370 e. The van der Waals surface area contributed by atoms with Gasteiger partial charge >= 0.3 is 0 Å². The van der Waals surface area contributed by atoms with Gasteiger partial charge in [0, 0.05) is 22.3 Å². The van der Waals surface area contributed by atoms with Crippen LogP contribution in [0.25, 0.3) is 0 Å². The van der Waals surface area contributed by atoms with E-state index in [9.17, 15) is 9.59 Å². The lowest BCUT2D eigenvalue weighted by Crippen LogP contribution is -2.42. The van der Waals surface area contributed by atoms with E-state index >= 15 is 0 Å². The molecule has 1 N–H and O–H groups in total. The van der Waals surface area contributed by atoms with E-state index in [2.05, 4.69) is 20.9 Å². The molecule has 6 heteroatoms. The number of hydrogen-bond acceptors (Lipinski definition) is 3. The van der Waals surface area contributed by atoms with E-state index in [0.29, 0.717) is 37.4 Å². The second kappa shape index (κ2) is 7.76. The molecule has 0 spiro atoms. The predicted octanol–water partition coefficient (Wildman–Crippen LogP) is 4.06. The zero-order valence-corrected chi connectivity index (χ0v) is 16.9. The number of H-pyrrole nitrogens is 1. The minimum atomic E-state index is -0.144. The molecule has 1 aliphatic rings. The number of benzene rings is 1. The number of nitrogens with zero attached hydrogens (tertiary/aromatic N) is 1. The number of aryl methyl sites for hydroxylation is 1. The van der Waals surface area contributed by atoms with Crippen molar-refractivity contribution in [2.24, 2.45) is 0 Å². The molecule has 1 unspecified atom stereocenters. The second-order valence-corrected chi connectivity index (χ2v) is 7.47. The van der Waals surface area contributed by atoms with Crippen molar-refractivity contribution in [1.82, 2.24) is 9.88 Å². The molecular weight excluding hydrogens is 396 g/mol. The van der Waals surface area contributed by atoms with Crippen molar-refractivity contribution >= 4 is 27.6 Å². The van der Waals surface area contributed by atoms with Crippen molar-refractivity contribution in [1.29, 1.82) is 0 Å². The smallest absolute Gasteiger partial charge is 0.270 e. The number of rotatable bonds is 4. The molecule has 2 aromatic rings. The van der Waals surface area contributed by atoms with Crippen LogP contribution in [0, 0.1) is 6.92 Å². The summed E-state index contributed by atoms with van der Waals surface area (Å²) in [6.07, 6.45) is 0.495. The van der Waals surface area contributed by atoms with Crippen LogP contribution in [0.15, 0.2) is 28.7 Å². The first kappa shape index (κ1) is 18.9. The third-order valence-electron chi connectivity index (χ3n) is 4.81. The maximum atomic E-state index is 13.1. The number of carbonyl (C=O) groups is 2. The SMILES string of the molecule is CCc1c(C(=O)N2CCOC(c3ccc(Br)cc3)C2)[nH]c(C)c1C(C)=O. The quantitative estimate of drug-likeness (QED) is 0.761. The highest BCUT2D eigenvalue weighted by molar-refractivity contribution is 9.10. The number of aromatic amines is 1. The van der Waals surface area contributed by atoms with Crippen molar-refractivity contribution in [3.8, 4) is 0 Å². The molecule has 1 aliphatic heterocycles. The summed E-state index contributed by atoms with van der Waals surface area (Å²) in [6.45, 7) is 6.89. The number of halogens is 1. The first-order valence-electron chi connectivity index (χ1n) is 8.81. The Balaban J connectivity index is 1.85. The van der Waals surface area contributed by atoms with Crippen LogP contribution in [0.1, 0.15) is 57.6 Å². The number of Topliss-reactive ketones (excluding diaryl/α,β-unsaturated/α-hetero) is 1. The Morgan fingerprint density at radius 2 is 2.00 bits per heavy atom. The summed E-state index contributed by atoms with van der Waals surface area (Å²) in [4.78, 5) is 30.0. The van der Waals surface area contributed by atoms with E-state index in [0.717, 1.165) is 21.3 Å². The fourth-order valence-corrected chi connectivity index (χ4v) is 3.82. The van der Waals surface area contributed by atoms with Crippen LogP contribution in [0.5, 0.6) is 0 Å². The van der Waals surface area contributed by atoms with Crippen LogP contribution in [-0.4, -0.2) is 41.3 Å². The van der Waals surface area contributed by atoms with E-state index in [-0.39, 0.29) is 17.8 Å². The monoisotopic (exact) mass is 418 g/mol. The second-order valence-electron chi connectivity index (χ2n) is 6.55. The van der Waals surface area contributed by atoms with Crippen LogP contribution >= 0.6 is 15.9 Å².